The molecule has 28 heavy (non-hydrogen) atoms. The van der Waals surface area contributed by atoms with Crippen LogP contribution >= 0.6 is 0 Å². The smallest absolute Gasteiger partial charge is 0.339 e. The predicted molar refractivity (Wildman–Crippen MR) is 107 cm³/mol. The highest BCUT2D eigenvalue weighted by Crippen LogP contribution is 2.29. The van der Waals surface area contributed by atoms with E-state index < -0.39 is 24.3 Å². The van der Waals surface area contributed by atoms with Gasteiger partial charge in [0.05, 0.1) is 5.56 Å². The molecule has 0 atom stereocenters. The van der Waals surface area contributed by atoms with Crippen molar-refractivity contribution in [3.05, 3.63) is 90.2 Å². The van der Waals surface area contributed by atoms with Gasteiger partial charge in [-0.1, -0.05) is 48.5 Å². The highest BCUT2D eigenvalue weighted by atomic mass is 19.1. The second kappa shape index (κ2) is 7.48. The van der Waals surface area contributed by atoms with E-state index in [0.717, 1.165) is 21.5 Å². The van der Waals surface area contributed by atoms with Crippen molar-refractivity contribution in [3.8, 4) is 0 Å². The SMILES string of the molecule is O=C(COC(=O)c1c2ccccc2cc2ccccc12)Nc1ccc(F)cc1. The number of rotatable bonds is 4. The van der Waals surface area contributed by atoms with E-state index >= 15 is 0 Å². The molecule has 0 unspecified atom stereocenters. The van der Waals surface area contributed by atoms with Crippen molar-refractivity contribution in [1.82, 2.24) is 0 Å². The zero-order valence-corrected chi connectivity index (χ0v) is 14.8. The van der Waals surface area contributed by atoms with Gasteiger partial charge in [-0.05, 0) is 51.9 Å². The number of hydrogen-bond acceptors (Lipinski definition) is 3. The van der Waals surface area contributed by atoms with Crippen molar-refractivity contribution in [2.24, 2.45) is 0 Å². The molecular weight excluding hydrogens is 357 g/mol. The molecule has 0 radical (unpaired) electrons. The van der Waals surface area contributed by atoms with Crippen LogP contribution in [-0.4, -0.2) is 18.5 Å². The predicted octanol–water partition coefficient (Wildman–Crippen LogP) is 4.93. The maximum Gasteiger partial charge on any atom is 0.339 e. The van der Waals surface area contributed by atoms with Crippen LogP contribution in [0.3, 0.4) is 0 Å². The van der Waals surface area contributed by atoms with Crippen molar-refractivity contribution in [1.29, 1.82) is 0 Å². The molecule has 0 aromatic heterocycles. The van der Waals surface area contributed by atoms with Crippen LogP contribution in [0.25, 0.3) is 21.5 Å². The summed E-state index contributed by atoms with van der Waals surface area (Å²) in [7, 11) is 0. The first-order valence-electron chi connectivity index (χ1n) is 8.75. The summed E-state index contributed by atoms with van der Waals surface area (Å²) in [5, 5.41) is 5.95. The van der Waals surface area contributed by atoms with Crippen LogP contribution in [-0.2, 0) is 9.53 Å². The minimum absolute atomic E-state index is 0.396. The van der Waals surface area contributed by atoms with Gasteiger partial charge in [-0.2, -0.15) is 0 Å². The van der Waals surface area contributed by atoms with Gasteiger partial charge in [0, 0.05) is 5.69 Å². The summed E-state index contributed by atoms with van der Waals surface area (Å²) in [4.78, 5) is 24.9. The first-order valence-corrected chi connectivity index (χ1v) is 8.75. The fourth-order valence-electron chi connectivity index (χ4n) is 3.17. The maximum atomic E-state index is 12.9. The highest BCUT2D eigenvalue weighted by molar-refractivity contribution is 6.16. The molecular formula is C23H16FNO3. The molecule has 4 aromatic rings. The average Bonchev–Trinajstić information content (AvgIpc) is 2.72. The van der Waals surface area contributed by atoms with Gasteiger partial charge in [0.25, 0.3) is 5.91 Å². The van der Waals surface area contributed by atoms with Gasteiger partial charge in [0.15, 0.2) is 6.61 Å². The summed E-state index contributed by atoms with van der Waals surface area (Å²) in [6, 6.07) is 22.5. The number of halogens is 1. The zero-order valence-electron chi connectivity index (χ0n) is 14.8. The fraction of sp³-hybridized carbons (Fsp3) is 0.0435. The minimum Gasteiger partial charge on any atom is -0.452 e. The average molecular weight is 373 g/mol. The fourth-order valence-corrected chi connectivity index (χ4v) is 3.17. The molecule has 0 saturated carbocycles. The lowest BCUT2D eigenvalue weighted by atomic mass is 9.97. The molecule has 0 bridgehead atoms. The number of anilines is 1. The summed E-state index contributed by atoms with van der Waals surface area (Å²) in [6.45, 7) is -0.437. The molecule has 0 saturated heterocycles. The molecule has 1 N–H and O–H groups in total. The third-order valence-corrected chi connectivity index (χ3v) is 4.44. The van der Waals surface area contributed by atoms with E-state index in [1.807, 2.05) is 54.6 Å². The molecule has 4 rings (SSSR count). The van der Waals surface area contributed by atoms with E-state index in [-0.39, 0.29) is 0 Å². The molecule has 0 aliphatic heterocycles. The van der Waals surface area contributed by atoms with Crippen molar-refractivity contribution in [2.45, 2.75) is 0 Å². The Hall–Kier alpha value is -3.73. The number of carbonyl (C=O) groups excluding carboxylic acids is 2. The Kier molecular flexibility index (Phi) is 4.72. The Morgan fingerprint density at radius 3 is 2.00 bits per heavy atom. The molecule has 4 nitrogen and oxygen atoms in total. The summed E-state index contributed by atoms with van der Waals surface area (Å²) >= 11 is 0. The lowest BCUT2D eigenvalue weighted by molar-refractivity contribution is -0.119. The van der Waals surface area contributed by atoms with Gasteiger partial charge in [0.1, 0.15) is 5.82 Å². The van der Waals surface area contributed by atoms with Gasteiger partial charge in [-0.3, -0.25) is 4.79 Å². The van der Waals surface area contributed by atoms with E-state index in [1.54, 1.807) is 0 Å². The van der Waals surface area contributed by atoms with Gasteiger partial charge in [-0.25, -0.2) is 9.18 Å². The monoisotopic (exact) mass is 373 g/mol. The van der Waals surface area contributed by atoms with E-state index in [4.69, 9.17) is 4.74 Å². The van der Waals surface area contributed by atoms with E-state index in [1.165, 1.54) is 24.3 Å². The number of benzene rings is 4. The van der Waals surface area contributed by atoms with Crippen LogP contribution in [0.5, 0.6) is 0 Å². The topological polar surface area (TPSA) is 55.4 Å². The normalized spacial score (nSPS) is 10.8. The first-order chi connectivity index (χ1) is 13.6. The molecule has 5 heteroatoms. The summed E-state index contributed by atoms with van der Waals surface area (Å²) in [6.07, 6.45) is 0. The van der Waals surface area contributed by atoms with Crippen molar-refractivity contribution in [3.63, 3.8) is 0 Å². The van der Waals surface area contributed by atoms with Crippen molar-refractivity contribution >= 4 is 39.1 Å². The van der Waals surface area contributed by atoms with Gasteiger partial charge >= 0.3 is 5.97 Å². The van der Waals surface area contributed by atoms with Crippen LogP contribution in [0.4, 0.5) is 10.1 Å². The largest absolute Gasteiger partial charge is 0.452 e. The number of nitrogens with one attached hydrogen (secondary N) is 1. The van der Waals surface area contributed by atoms with Crippen LogP contribution in [0.2, 0.25) is 0 Å². The lowest BCUT2D eigenvalue weighted by Gasteiger charge is -2.11. The maximum absolute atomic E-state index is 12.9. The third-order valence-electron chi connectivity index (χ3n) is 4.44. The quantitative estimate of drug-likeness (QED) is 0.408. The first kappa shape index (κ1) is 17.7. The second-order valence-electron chi connectivity index (χ2n) is 6.33. The molecule has 0 heterocycles. The minimum atomic E-state index is -0.567. The van der Waals surface area contributed by atoms with Gasteiger partial charge < -0.3 is 10.1 Å². The number of carbonyl (C=O) groups is 2. The summed E-state index contributed by atoms with van der Waals surface area (Å²) in [5.41, 5.74) is 0.862. The molecule has 0 fully saturated rings. The Labute approximate surface area is 160 Å². The molecule has 0 aliphatic rings. The standard InChI is InChI=1S/C23H16FNO3/c24-17-9-11-18(12-10-17)25-21(26)14-28-23(27)22-19-7-3-1-5-15(19)13-16-6-2-4-8-20(16)22/h1-13H,14H2,(H,25,26). The third kappa shape index (κ3) is 3.55. The van der Waals surface area contributed by atoms with Crippen LogP contribution in [0.1, 0.15) is 10.4 Å². The Bertz CT molecular complexity index is 1130. The molecule has 0 aliphatic carbocycles. The highest BCUT2D eigenvalue weighted by Gasteiger charge is 2.17. The lowest BCUT2D eigenvalue weighted by Crippen LogP contribution is -2.21. The van der Waals surface area contributed by atoms with Crippen molar-refractivity contribution < 1.29 is 18.7 Å². The molecule has 1 amide bonds. The number of esters is 1. The number of ether oxygens (including phenoxy) is 1. The Morgan fingerprint density at radius 2 is 1.39 bits per heavy atom. The van der Waals surface area contributed by atoms with Gasteiger partial charge in [-0.15, -0.1) is 0 Å². The Balaban J connectivity index is 1.58. The van der Waals surface area contributed by atoms with Crippen LogP contribution in [0, 0.1) is 5.82 Å². The molecule has 138 valence electrons. The summed E-state index contributed by atoms with van der Waals surface area (Å²) in [5.74, 6) is -1.46. The van der Waals surface area contributed by atoms with Crippen LogP contribution in [0.15, 0.2) is 78.9 Å². The van der Waals surface area contributed by atoms with Crippen molar-refractivity contribution in [2.75, 3.05) is 11.9 Å². The van der Waals surface area contributed by atoms with E-state index in [0.29, 0.717) is 11.3 Å². The second-order valence-corrected chi connectivity index (χ2v) is 6.33. The van der Waals surface area contributed by atoms with Gasteiger partial charge in [0.2, 0.25) is 0 Å². The Morgan fingerprint density at radius 1 is 0.821 bits per heavy atom. The zero-order chi connectivity index (χ0) is 19.5. The summed E-state index contributed by atoms with van der Waals surface area (Å²) < 4.78 is 18.2. The van der Waals surface area contributed by atoms with E-state index in [9.17, 15) is 14.0 Å². The molecule has 4 aromatic carbocycles. The van der Waals surface area contributed by atoms with Crippen LogP contribution < -0.4 is 5.32 Å². The molecule has 0 spiro atoms. The number of hydrogen-bond donors (Lipinski definition) is 1. The van der Waals surface area contributed by atoms with E-state index in [2.05, 4.69) is 5.32 Å². The number of fused-ring (bicyclic) bond motifs is 2. The number of amides is 1.